The molecular weight excluding hydrogens is 226 g/mol. The summed E-state index contributed by atoms with van der Waals surface area (Å²) in [4.78, 5) is 12.4. The second-order valence-corrected chi connectivity index (χ2v) is 4.07. The Morgan fingerprint density at radius 3 is 2.50 bits per heavy atom. The molecule has 3 nitrogen and oxygen atoms in total. The van der Waals surface area contributed by atoms with Crippen LogP contribution in [0.15, 0.2) is 60.9 Å². The molecular formula is C15H11NO2. The van der Waals surface area contributed by atoms with Crippen molar-refractivity contribution in [2.24, 2.45) is 0 Å². The van der Waals surface area contributed by atoms with E-state index in [4.69, 9.17) is 0 Å². The van der Waals surface area contributed by atoms with E-state index in [0.717, 1.165) is 5.52 Å². The molecule has 3 aromatic rings. The van der Waals surface area contributed by atoms with Gasteiger partial charge in [0.2, 0.25) is 0 Å². The number of fused-ring (bicyclic) bond motifs is 1. The van der Waals surface area contributed by atoms with E-state index in [0.29, 0.717) is 11.1 Å². The van der Waals surface area contributed by atoms with Crippen LogP contribution in [-0.4, -0.2) is 15.3 Å². The molecule has 0 aliphatic carbocycles. The van der Waals surface area contributed by atoms with Crippen LogP contribution in [0.2, 0.25) is 0 Å². The number of carbonyl (C=O) groups is 1. The summed E-state index contributed by atoms with van der Waals surface area (Å²) < 4.78 is 1.88. The molecule has 1 aromatic carbocycles. The van der Waals surface area contributed by atoms with Crippen LogP contribution in [-0.2, 0) is 0 Å². The predicted molar refractivity (Wildman–Crippen MR) is 68.9 cm³/mol. The number of rotatable bonds is 2. The van der Waals surface area contributed by atoms with Crippen molar-refractivity contribution in [3.05, 3.63) is 72.1 Å². The van der Waals surface area contributed by atoms with Crippen LogP contribution >= 0.6 is 0 Å². The molecule has 0 saturated heterocycles. The molecule has 3 heteroatoms. The lowest BCUT2D eigenvalue weighted by Gasteiger charge is -2.02. The van der Waals surface area contributed by atoms with Gasteiger partial charge in [0.15, 0.2) is 5.78 Å². The van der Waals surface area contributed by atoms with Gasteiger partial charge >= 0.3 is 0 Å². The molecule has 0 unspecified atom stereocenters. The van der Waals surface area contributed by atoms with Gasteiger partial charge in [0, 0.05) is 18.0 Å². The highest BCUT2D eigenvalue weighted by atomic mass is 16.3. The first-order chi connectivity index (χ1) is 8.77. The molecule has 3 rings (SSSR count). The van der Waals surface area contributed by atoms with Crippen LogP contribution in [0.4, 0.5) is 0 Å². The van der Waals surface area contributed by atoms with Crippen LogP contribution in [0.3, 0.4) is 0 Å². The first kappa shape index (κ1) is 10.6. The molecule has 1 N–H and O–H groups in total. The number of hydrogen-bond acceptors (Lipinski definition) is 2. The van der Waals surface area contributed by atoms with Gasteiger partial charge in [-0.25, -0.2) is 0 Å². The van der Waals surface area contributed by atoms with E-state index in [9.17, 15) is 9.90 Å². The van der Waals surface area contributed by atoms with E-state index in [1.807, 2.05) is 35.0 Å². The van der Waals surface area contributed by atoms with Gasteiger partial charge in [-0.05, 0) is 30.3 Å². The Morgan fingerprint density at radius 1 is 0.889 bits per heavy atom. The van der Waals surface area contributed by atoms with E-state index in [1.165, 1.54) is 6.07 Å². The summed E-state index contributed by atoms with van der Waals surface area (Å²) in [7, 11) is 0. The second-order valence-electron chi connectivity index (χ2n) is 4.07. The number of carbonyl (C=O) groups excluding carboxylic acids is 1. The maximum Gasteiger partial charge on any atom is 0.198 e. The number of hydrogen-bond donors (Lipinski definition) is 1. The minimum Gasteiger partial charge on any atom is -0.507 e. The van der Waals surface area contributed by atoms with Crippen LogP contribution in [0.5, 0.6) is 5.75 Å². The fourth-order valence-electron chi connectivity index (χ4n) is 2.06. The molecule has 2 heterocycles. The number of aromatic nitrogens is 1. The van der Waals surface area contributed by atoms with Crippen LogP contribution < -0.4 is 0 Å². The molecule has 88 valence electrons. The Morgan fingerprint density at radius 2 is 1.67 bits per heavy atom. The Labute approximate surface area is 104 Å². The Kier molecular flexibility index (Phi) is 2.38. The fraction of sp³-hybridized carbons (Fsp3) is 0. The molecule has 0 aliphatic heterocycles. The van der Waals surface area contributed by atoms with Gasteiger partial charge in [-0.15, -0.1) is 0 Å². The quantitative estimate of drug-likeness (QED) is 0.696. The summed E-state index contributed by atoms with van der Waals surface area (Å²) in [6, 6.07) is 14.0. The van der Waals surface area contributed by atoms with Crippen molar-refractivity contribution in [1.29, 1.82) is 0 Å². The summed E-state index contributed by atoms with van der Waals surface area (Å²) in [5, 5.41) is 9.72. The third kappa shape index (κ3) is 1.57. The Hall–Kier alpha value is -2.55. The SMILES string of the molecule is O=C(c1ccccc1O)c1ccn2ccccc12. The van der Waals surface area contributed by atoms with Crippen LogP contribution in [0.25, 0.3) is 5.52 Å². The monoisotopic (exact) mass is 237 g/mol. The molecule has 0 spiro atoms. The number of ketones is 1. The zero-order chi connectivity index (χ0) is 12.5. The molecule has 0 atom stereocenters. The molecule has 0 radical (unpaired) electrons. The first-order valence-electron chi connectivity index (χ1n) is 5.66. The number of nitrogens with zero attached hydrogens (tertiary/aromatic N) is 1. The zero-order valence-corrected chi connectivity index (χ0v) is 9.58. The van der Waals surface area contributed by atoms with Gasteiger partial charge in [-0.3, -0.25) is 4.79 Å². The van der Waals surface area contributed by atoms with Gasteiger partial charge in [-0.2, -0.15) is 0 Å². The van der Waals surface area contributed by atoms with E-state index in [2.05, 4.69) is 0 Å². The average molecular weight is 237 g/mol. The smallest absolute Gasteiger partial charge is 0.198 e. The van der Waals surface area contributed by atoms with Crippen molar-refractivity contribution in [1.82, 2.24) is 4.40 Å². The maximum absolute atomic E-state index is 12.4. The number of phenolic OH excluding ortho intramolecular Hbond substituents is 1. The lowest BCUT2D eigenvalue weighted by Crippen LogP contribution is -2.01. The third-order valence-electron chi connectivity index (χ3n) is 2.96. The van der Waals surface area contributed by atoms with Gasteiger partial charge in [0.25, 0.3) is 0 Å². The van der Waals surface area contributed by atoms with Crippen molar-refractivity contribution in [2.45, 2.75) is 0 Å². The van der Waals surface area contributed by atoms with Gasteiger partial charge in [0.1, 0.15) is 5.75 Å². The molecule has 2 aromatic heterocycles. The van der Waals surface area contributed by atoms with Crippen LogP contribution in [0, 0.1) is 0 Å². The number of benzene rings is 1. The minimum absolute atomic E-state index is 0.0118. The van der Waals surface area contributed by atoms with Gasteiger partial charge in [-0.1, -0.05) is 18.2 Å². The maximum atomic E-state index is 12.4. The highest BCUT2D eigenvalue weighted by molar-refractivity contribution is 6.14. The number of pyridine rings is 1. The topological polar surface area (TPSA) is 41.7 Å². The summed E-state index contributed by atoms with van der Waals surface area (Å²) in [6.07, 6.45) is 3.72. The van der Waals surface area contributed by atoms with Crippen molar-refractivity contribution >= 4 is 11.3 Å². The Bertz CT molecular complexity index is 728. The van der Waals surface area contributed by atoms with Crippen LogP contribution in [0.1, 0.15) is 15.9 Å². The number of aromatic hydroxyl groups is 1. The van der Waals surface area contributed by atoms with Gasteiger partial charge < -0.3 is 9.51 Å². The lowest BCUT2D eigenvalue weighted by atomic mass is 10.0. The van der Waals surface area contributed by atoms with E-state index in [-0.39, 0.29) is 11.5 Å². The average Bonchev–Trinajstić information content (AvgIpc) is 2.82. The molecule has 0 saturated carbocycles. The van der Waals surface area contributed by atoms with E-state index < -0.39 is 0 Å². The zero-order valence-electron chi connectivity index (χ0n) is 9.58. The van der Waals surface area contributed by atoms with E-state index >= 15 is 0 Å². The van der Waals surface area contributed by atoms with E-state index in [1.54, 1.807) is 24.3 Å². The molecule has 0 fully saturated rings. The lowest BCUT2D eigenvalue weighted by molar-refractivity contribution is 0.103. The number of phenols is 1. The number of para-hydroxylation sites is 1. The molecule has 0 aliphatic rings. The molecule has 0 bridgehead atoms. The highest BCUT2D eigenvalue weighted by Gasteiger charge is 2.16. The van der Waals surface area contributed by atoms with Crippen molar-refractivity contribution in [2.75, 3.05) is 0 Å². The van der Waals surface area contributed by atoms with Crippen molar-refractivity contribution in [3.8, 4) is 5.75 Å². The Balaban J connectivity index is 2.16. The standard InChI is InChI=1S/C15H11NO2/c17-14-7-2-1-5-12(14)15(18)11-8-10-16-9-4-3-6-13(11)16/h1-10,17H. The van der Waals surface area contributed by atoms with Crippen molar-refractivity contribution < 1.29 is 9.90 Å². The second kappa shape index (κ2) is 4.04. The molecule has 18 heavy (non-hydrogen) atoms. The minimum atomic E-state index is -0.165. The summed E-state index contributed by atoms with van der Waals surface area (Å²) in [6.45, 7) is 0. The summed E-state index contributed by atoms with van der Waals surface area (Å²) in [5.74, 6) is -0.153. The largest absolute Gasteiger partial charge is 0.507 e. The predicted octanol–water partition coefficient (Wildman–Crippen LogP) is 2.88. The first-order valence-corrected chi connectivity index (χ1v) is 5.66. The summed E-state index contributed by atoms with van der Waals surface area (Å²) in [5.41, 5.74) is 1.76. The van der Waals surface area contributed by atoms with Gasteiger partial charge in [0.05, 0.1) is 11.1 Å². The molecule has 0 amide bonds. The third-order valence-corrected chi connectivity index (χ3v) is 2.96. The fourth-order valence-corrected chi connectivity index (χ4v) is 2.06. The normalized spacial score (nSPS) is 10.7. The highest BCUT2D eigenvalue weighted by Crippen LogP contribution is 2.22. The summed E-state index contributed by atoms with van der Waals surface area (Å²) >= 11 is 0. The van der Waals surface area contributed by atoms with Crippen molar-refractivity contribution in [3.63, 3.8) is 0 Å².